The number of anilines is 1. The molecular formula is C15H18ClN3OS. The first-order chi connectivity index (χ1) is 9.75. The van der Waals surface area contributed by atoms with E-state index in [-0.39, 0.29) is 5.91 Å². The number of carbonyl (C=O) groups is 1. The maximum atomic E-state index is 11.8. The topological polar surface area (TPSA) is 68.0 Å². The van der Waals surface area contributed by atoms with Crippen LogP contribution in [-0.2, 0) is 11.2 Å². The molecule has 112 valence electrons. The fraction of sp³-hybridized carbons (Fsp3) is 0.333. The summed E-state index contributed by atoms with van der Waals surface area (Å²) >= 11 is 7.41. The standard InChI is InChI=1S/C15H18ClN3OS/c1-9-6-11(16)5-4-10(9)7-12-8-18-14(21-12)19-13(20)15(2,3)17/h4-6,8H,7,17H2,1-3H3,(H,18,19,20). The van der Waals surface area contributed by atoms with Crippen LogP contribution in [0, 0.1) is 6.92 Å². The molecule has 0 fully saturated rings. The summed E-state index contributed by atoms with van der Waals surface area (Å²) in [6.07, 6.45) is 2.54. The lowest BCUT2D eigenvalue weighted by atomic mass is 10.1. The summed E-state index contributed by atoms with van der Waals surface area (Å²) in [5.41, 5.74) is 7.16. The number of carbonyl (C=O) groups excluding carboxylic acids is 1. The number of hydrogen-bond donors (Lipinski definition) is 2. The Hall–Kier alpha value is -1.43. The predicted octanol–water partition coefficient (Wildman–Crippen LogP) is 3.37. The molecule has 0 radical (unpaired) electrons. The zero-order valence-electron chi connectivity index (χ0n) is 12.2. The molecule has 4 nitrogen and oxygen atoms in total. The summed E-state index contributed by atoms with van der Waals surface area (Å²) in [5.74, 6) is -0.244. The molecule has 0 spiro atoms. The molecule has 0 saturated carbocycles. The van der Waals surface area contributed by atoms with Crippen molar-refractivity contribution < 1.29 is 4.79 Å². The van der Waals surface area contributed by atoms with Crippen LogP contribution in [0.25, 0.3) is 0 Å². The third-order valence-electron chi connectivity index (χ3n) is 3.03. The summed E-state index contributed by atoms with van der Waals surface area (Å²) in [5, 5.41) is 4.04. The van der Waals surface area contributed by atoms with Gasteiger partial charge in [0.05, 0.1) is 5.54 Å². The Balaban J connectivity index is 2.08. The lowest BCUT2D eigenvalue weighted by Gasteiger charge is -2.16. The van der Waals surface area contributed by atoms with Crippen molar-refractivity contribution in [1.82, 2.24) is 4.98 Å². The molecule has 0 saturated heterocycles. The molecule has 2 rings (SSSR count). The predicted molar refractivity (Wildman–Crippen MR) is 88.0 cm³/mol. The van der Waals surface area contributed by atoms with E-state index in [4.69, 9.17) is 17.3 Å². The highest BCUT2D eigenvalue weighted by atomic mass is 35.5. The number of nitrogens with two attached hydrogens (primary N) is 1. The number of aromatic nitrogens is 1. The molecule has 0 aliphatic rings. The van der Waals surface area contributed by atoms with Gasteiger partial charge in [0.25, 0.3) is 0 Å². The molecule has 2 aromatic rings. The molecule has 21 heavy (non-hydrogen) atoms. The van der Waals surface area contributed by atoms with E-state index in [0.717, 1.165) is 21.9 Å². The van der Waals surface area contributed by atoms with Crippen molar-refractivity contribution >= 4 is 34.0 Å². The fourth-order valence-electron chi connectivity index (χ4n) is 1.75. The van der Waals surface area contributed by atoms with Crippen molar-refractivity contribution in [1.29, 1.82) is 0 Å². The van der Waals surface area contributed by atoms with Crippen molar-refractivity contribution in [3.8, 4) is 0 Å². The molecule has 0 aliphatic heterocycles. The van der Waals surface area contributed by atoms with Crippen LogP contribution in [0.3, 0.4) is 0 Å². The number of aryl methyl sites for hydroxylation is 1. The van der Waals surface area contributed by atoms with Gasteiger partial charge >= 0.3 is 0 Å². The highest BCUT2D eigenvalue weighted by Crippen LogP contribution is 2.24. The lowest BCUT2D eigenvalue weighted by molar-refractivity contribution is -0.120. The minimum atomic E-state index is -0.918. The number of halogens is 1. The molecule has 1 heterocycles. The van der Waals surface area contributed by atoms with Crippen LogP contribution < -0.4 is 11.1 Å². The first-order valence-corrected chi connectivity index (χ1v) is 7.75. The average Bonchev–Trinajstić information content (AvgIpc) is 2.79. The molecule has 0 unspecified atom stereocenters. The number of thiazole rings is 1. The lowest BCUT2D eigenvalue weighted by Crippen LogP contribution is -2.45. The summed E-state index contributed by atoms with van der Waals surface area (Å²) < 4.78 is 0. The van der Waals surface area contributed by atoms with E-state index in [0.29, 0.717) is 5.13 Å². The molecule has 1 aromatic heterocycles. The Labute approximate surface area is 133 Å². The van der Waals surface area contributed by atoms with Crippen LogP contribution in [0.4, 0.5) is 5.13 Å². The van der Waals surface area contributed by atoms with Gasteiger partial charge in [0.1, 0.15) is 0 Å². The normalized spacial score (nSPS) is 11.5. The Morgan fingerprint density at radius 1 is 1.48 bits per heavy atom. The van der Waals surface area contributed by atoms with Crippen LogP contribution in [0.5, 0.6) is 0 Å². The highest BCUT2D eigenvalue weighted by molar-refractivity contribution is 7.15. The number of nitrogens with one attached hydrogen (secondary N) is 1. The van der Waals surface area contributed by atoms with E-state index in [9.17, 15) is 4.79 Å². The van der Waals surface area contributed by atoms with Gasteiger partial charge in [0, 0.05) is 22.5 Å². The smallest absolute Gasteiger partial charge is 0.245 e. The number of hydrogen-bond acceptors (Lipinski definition) is 4. The van der Waals surface area contributed by atoms with Gasteiger partial charge in [-0.25, -0.2) is 4.98 Å². The van der Waals surface area contributed by atoms with Crippen LogP contribution in [0.1, 0.15) is 29.9 Å². The molecule has 1 amide bonds. The first-order valence-electron chi connectivity index (χ1n) is 6.56. The third kappa shape index (κ3) is 4.27. The number of amides is 1. The third-order valence-corrected chi connectivity index (χ3v) is 4.18. The van der Waals surface area contributed by atoms with Crippen molar-refractivity contribution in [3.63, 3.8) is 0 Å². The van der Waals surface area contributed by atoms with E-state index in [1.54, 1.807) is 20.0 Å². The van der Waals surface area contributed by atoms with E-state index in [1.807, 2.05) is 25.1 Å². The van der Waals surface area contributed by atoms with Gasteiger partial charge in [-0.2, -0.15) is 0 Å². The Bertz CT molecular complexity index is 661. The molecule has 0 aliphatic carbocycles. The van der Waals surface area contributed by atoms with Crippen LogP contribution >= 0.6 is 22.9 Å². The molecule has 6 heteroatoms. The van der Waals surface area contributed by atoms with Crippen LogP contribution in [0.2, 0.25) is 5.02 Å². The SMILES string of the molecule is Cc1cc(Cl)ccc1Cc1cnc(NC(=O)C(C)(C)N)s1. The molecule has 0 bridgehead atoms. The van der Waals surface area contributed by atoms with Crippen LogP contribution in [0.15, 0.2) is 24.4 Å². The second-order valence-corrected chi connectivity index (χ2v) is 7.11. The number of nitrogens with zero attached hydrogens (tertiary/aromatic N) is 1. The van der Waals surface area contributed by atoms with Gasteiger partial charge in [-0.1, -0.05) is 17.7 Å². The summed E-state index contributed by atoms with van der Waals surface area (Å²) in [4.78, 5) is 17.1. The van der Waals surface area contributed by atoms with E-state index < -0.39 is 5.54 Å². The molecule has 1 aromatic carbocycles. The van der Waals surface area contributed by atoms with Crippen LogP contribution in [-0.4, -0.2) is 16.4 Å². The van der Waals surface area contributed by atoms with E-state index >= 15 is 0 Å². The summed E-state index contributed by atoms with van der Waals surface area (Å²) in [6.45, 7) is 5.35. The van der Waals surface area contributed by atoms with E-state index in [1.165, 1.54) is 16.9 Å². The first kappa shape index (κ1) is 15.9. The zero-order chi connectivity index (χ0) is 15.6. The number of benzene rings is 1. The van der Waals surface area contributed by atoms with Gasteiger partial charge in [-0.05, 0) is 44.0 Å². The van der Waals surface area contributed by atoms with Crippen molar-refractivity contribution in [2.45, 2.75) is 32.7 Å². The van der Waals surface area contributed by atoms with Gasteiger partial charge in [-0.15, -0.1) is 11.3 Å². The second-order valence-electron chi connectivity index (χ2n) is 5.56. The summed E-state index contributed by atoms with van der Waals surface area (Å²) in [6, 6.07) is 5.83. The number of rotatable bonds is 4. The molecule has 0 atom stereocenters. The van der Waals surface area contributed by atoms with Crippen molar-refractivity contribution in [3.05, 3.63) is 45.4 Å². The highest BCUT2D eigenvalue weighted by Gasteiger charge is 2.22. The average molecular weight is 324 g/mol. The second kappa shape index (κ2) is 6.13. The summed E-state index contributed by atoms with van der Waals surface area (Å²) in [7, 11) is 0. The largest absolute Gasteiger partial charge is 0.318 e. The molecular weight excluding hydrogens is 306 g/mol. The maximum absolute atomic E-state index is 11.8. The Morgan fingerprint density at radius 3 is 2.81 bits per heavy atom. The minimum absolute atomic E-state index is 0.244. The maximum Gasteiger partial charge on any atom is 0.245 e. The van der Waals surface area contributed by atoms with Gasteiger partial charge in [0.2, 0.25) is 5.91 Å². The molecule has 3 N–H and O–H groups in total. The minimum Gasteiger partial charge on any atom is -0.318 e. The van der Waals surface area contributed by atoms with Gasteiger partial charge < -0.3 is 11.1 Å². The Kier molecular flexibility index (Phi) is 4.66. The van der Waals surface area contributed by atoms with Gasteiger partial charge in [-0.3, -0.25) is 4.79 Å². The zero-order valence-corrected chi connectivity index (χ0v) is 13.8. The monoisotopic (exact) mass is 323 g/mol. The van der Waals surface area contributed by atoms with Crippen molar-refractivity contribution in [2.24, 2.45) is 5.73 Å². The van der Waals surface area contributed by atoms with Gasteiger partial charge in [0.15, 0.2) is 5.13 Å². The quantitative estimate of drug-likeness (QED) is 0.906. The van der Waals surface area contributed by atoms with Crippen molar-refractivity contribution in [2.75, 3.05) is 5.32 Å². The fourth-order valence-corrected chi connectivity index (χ4v) is 2.81. The Morgan fingerprint density at radius 2 is 2.19 bits per heavy atom. The van der Waals surface area contributed by atoms with E-state index in [2.05, 4.69) is 10.3 Å².